The second-order valence-corrected chi connectivity index (χ2v) is 4.46. The fourth-order valence-electron chi connectivity index (χ4n) is 1.74. The maximum absolute atomic E-state index is 12.1. The third kappa shape index (κ3) is 4.06. The first-order valence-corrected chi connectivity index (χ1v) is 6.02. The summed E-state index contributed by atoms with van der Waals surface area (Å²) in [7, 11) is 2.97. The average Bonchev–Trinajstić information content (AvgIpc) is 2.45. The zero-order valence-corrected chi connectivity index (χ0v) is 11.4. The summed E-state index contributed by atoms with van der Waals surface area (Å²) in [5.74, 6) is -0.869. The van der Waals surface area contributed by atoms with Crippen molar-refractivity contribution in [2.45, 2.75) is 13.5 Å². The Bertz CT molecular complexity index is 441. The van der Waals surface area contributed by atoms with Crippen LogP contribution in [0.3, 0.4) is 0 Å². The lowest BCUT2D eigenvalue weighted by Crippen LogP contribution is -2.34. The van der Waals surface area contributed by atoms with Crippen molar-refractivity contribution in [3.63, 3.8) is 0 Å². The van der Waals surface area contributed by atoms with Crippen LogP contribution in [0.2, 0.25) is 0 Å². The van der Waals surface area contributed by atoms with Gasteiger partial charge in [0.05, 0.1) is 19.6 Å². The van der Waals surface area contributed by atoms with Crippen molar-refractivity contribution in [2.75, 3.05) is 20.7 Å². The van der Waals surface area contributed by atoms with Gasteiger partial charge in [-0.3, -0.25) is 9.59 Å². The summed E-state index contributed by atoms with van der Waals surface area (Å²) in [5.41, 5.74) is 1.28. The van der Waals surface area contributed by atoms with Gasteiger partial charge in [-0.1, -0.05) is 19.1 Å². The highest BCUT2D eigenvalue weighted by Crippen LogP contribution is 2.09. The van der Waals surface area contributed by atoms with E-state index in [2.05, 4.69) is 4.74 Å². The van der Waals surface area contributed by atoms with Gasteiger partial charge in [0, 0.05) is 19.2 Å². The van der Waals surface area contributed by atoms with Crippen LogP contribution in [-0.2, 0) is 16.1 Å². The maximum atomic E-state index is 12.1. The Labute approximate surface area is 112 Å². The highest BCUT2D eigenvalue weighted by atomic mass is 16.5. The maximum Gasteiger partial charge on any atom is 0.310 e. The minimum atomic E-state index is -0.365. The molecule has 0 fully saturated rings. The Hall–Kier alpha value is -1.88. The second-order valence-electron chi connectivity index (χ2n) is 4.46. The molecule has 0 heterocycles. The van der Waals surface area contributed by atoms with Gasteiger partial charge in [0.1, 0.15) is 0 Å². The van der Waals surface area contributed by atoms with Gasteiger partial charge in [0.2, 0.25) is 0 Å². The Morgan fingerprint density at radius 3 is 2.37 bits per heavy atom. The molecule has 1 rings (SSSR count). The normalized spacial score (nSPS) is 11.8. The number of amides is 1. The average molecular weight is 265 g/mol. The largest absolute Gasteiger partial charge is 0.469 e. The van der Waals surface area contributed by atoms with Crippen molar-refractivity contribution in [3.05, 3.63) is 35.4 Å². The van der Waals surface area contributed by atoms with Gasteiger partial charge < -0.3 is 14.7 Å². The minimum absolute atomic E-state index is 0.0519. The number of rotatable bonds is 5. The molecule has 104 valence electrons. The SMILES string of the molecule is COC(=O)C(C)CN(C)C(=O)c1ccc(CO)cc1. The van der Waals surface area contributed by atoms with E-state index in [0.717, 1.165) is 5.56 Å². The zero-order valence-electron chi connectivity index (χ0n) is 11.4. The van der Waals surface area contributed by atoms with Crippen LogP contribution in [0.4, 0.5) is 0 Å². The van der Waals surface area contributed by atoms with Gasteiger partial charge in [0.15, 0.2) is 0 Å². The molecular formula is C14H19NO4. The summed E-state index contributed by atoms with van der Waals surface area (Å²) < 4.78 is 4.62. The topological polar surface area (TPSA) is 66.8 Å². The fraction of sp³-hybridized carbons (Fsp3) is 0.429. The predicted octanol–water partition coefficient (Wildman–Crippen LogP) is 1.06. The lowest BCUT2D eigenvalue weighted by molar-refractivity contribution is -0.145. The Morgan fingerprint density at radius 2 is 1.89 bits per heavy atom. The minimum Gasteiger partial charge on any atom is -0.469 e. The van der Waals surface area contributed by atoms with Gasteiger partial charge in [0.25, 0.3) is 5.91 Å². The van der Waals surface area contributed by atoms with E-state index >= 15 is 0 Å². The number of nitrogens with zero attached hydrogens (tertiary/aromatic N) is 1. The zero-order chi connectivity index (χ0) is 14.4. The molecular weight excluding hydrogens is 246 g/mol. The van der Waals surface area contributed by atoms with E-state index < -0.39 is 0 Å². The van der Waals surface area contributed by atoms with Crippen LogP contribution in [0.5, 0.6) is 0 Å². The summed E-state index contributed by atoms with van der Waals surface area (Å²) in [5, 5.41) is 8.94. The fourth-order valence-corrected chi connectivity index (χ4v) is 1.74. The number of aliphatic hydroxyl groups is 1. The highest BCUT2D eigenvalue weighted by Gasteiger charge is 2.19. The third-order valence-electron chi connectivity index (χ3n) is 2.88. The van der Waals surface area contributed by atoms with E-state index in [-0.39, 0.29) is 24.4 Å². The van der Waals surface area contributed by atoms with Crippen LogP contribution in [0.1, 0.15) is 22.8 Å². The van der Waals surface area contributed by atoms with Crippen molar-refractivity contribution in [1.82, 2.24) is 4.90 Å². The molecule has 0 spiro atoms. The number of carbonyl (C=O) groups is 2. The van der Waals surface area contributed by atoms with Gasteiger partial charge in [-0.2, -0.15) is 0 Å². The van der Waals surface area contributed by atoms with E-state index in [1.54, 1.807) is 38.2 Å². The van der Waals surface area contributed by atoms with Crippen LogP contribution in [0.15, 0.2) is 24.3 Å². The summed E-state index contributed by atoms with van der Waals surface area (Å²) >= 11 is 0. The monoisotopic (exact) mass is 265 g/mol. The molecule has 1 atom stereocenters. The molecule has 0 saturated heterocycles. The lowest BCUT2D eigenvalue weighted by atomic mass is 10.1. The van der Waals surface area contributed by atoms with E-state index in [9.17, 15) is 9.59 Å². The number of ether oxygens (including phenoxy) is 1. The molecule has 1 aromatic carbocycles. The van der Waals surface area contributed by atoms with E-state index in [4.69, 9.17) is 5.11 Å². The summed E-state index contributed by atoms with van der Waals surface area (Å²) in [6, 6.07) is 6.72. The Balaban J connectivity index is 2.68. The van der Waals surface area contributed by atoms with E-state index in [1.165, 1.54) is 12.0 Å². The predicted molar refractivity (Wildman–Crippen MR) is 70.5 cm³/mol. The van der Waals surface area contributed by atoms with Crippen molar-refractivity contribution in [1.29, 1.82) is 0 Å². The summed E-state index contributed by atoms with van der Waals surface area (Å²) in [6.45, 7) is 1.96. The molecule has 0 aromatic heterocycles. The third-order valence-corrected chi connectivity index (χ3v) is 2.88. The molecule has 1 N–H and O–H groups in total. The van der Waals surface area contributed by atoms with Crippen LogP contribution >= 0.6 is 0 Å². The molecule has 1 unspecified atom stereocenters. The van der Waals surface area contributed by atoms with Crippen molar-refractivity contribution < 1.29 is 19.4 Å². The van der Waals surface area contributed by atoms with Crippen molar-refractivity contribution in [2.24, 2.45) is 5.92 Å². The van der Waals surface area contributed by atoms with Crippen LogP contribution in [-0.4, -0.2) is 42.6 Å². The van der Waals surface area contributed by atoms with Gasteiger partial charge >= 0.3 is 5.97 Å². The molecule has 0 aliphatic carbocycles. The van der Waals surface area contributed by atoms with Crippen molar-refractivity contribution >= 4 is 11.9 Å². The van der Waals surface area contributed by atoms with Gasteiger partial charge in [-0.15, -0.1) is 0 Å². The van der Waals surface area contributed by atoms with Crippen LogP contribution in [0.25, 0.3) is 0 Å². The lowest BCUT2D eigenvalue weighted by Gasteiger charge is -2.20. The molecule has 0 aliphatic heterocycles. The number of esters is 1. The Kier molecular flexibility index (Phi) is 5.51. The quantitative estimate of drug-likeness (QED) is 0.808. The van der Waals surface area contributed by atoms with Gasteiger partial charge in [-0.05, 0) is 17.7 Å². The molecule has 19 heavy (non-hydrogen) atoms. The first kappa shape index (κ1) is 15.2. The second kappa shape index (κ2) is 6.89. The molecule has 0 aliphatic rings. The molecule has 0 bridgehead atoms. The van der Waals surface area contributed by atoms with E-state index in [0.29, 0.717) is 12.1 Å². The number of aliphatic hydroxyl groups excluding tert-OH is 1. The summed E-state index contributed by atoms with van der Waals surface area (Å²) in [6.07, 6.45) is 0. The van der Waals surface area contributed by atoms with Crippen molar-refractivity contribution in [3.8, 4) is 0 Å². The smallest absolute Gasteiger partial charge is 0.310 e. The number of hydrogen-bond acceptors (Lipinski definition) is 4. The van der Waals surface area contributed by atoms with E-state index in [1.807, 2.05) is 0 Å². The summed E-state index contributed by atoms with van der Waals surface area (Å²) in [4.78, 5) is 24.9. The standard InChI is InChI=1S/C14H19NO4/c1-10(14(18)19-3)8-15(2)13(17)12-6-4-11(9-16)5-7-12/h4-7,10,16H,8-9H2,1-3H3. The Morgan fingerprint density at radius 1 is 1.32 bits per heavy atom. The molecule has 5 nitrogen and oxygen atoms in total. The molecule has 1 aromatic rings. The van der Waals surface area contributed by atoms with Crippen LogP contribution in [0, 0.1) is 5.92 Å². The first-order valence-electron chi connectivity index (χ1n) is 6.02. The number of methoxy groups -OCH3 is 1. The first-order chi connectivity index (χ1) is 8.99. The molecule has 5 heteroatoms. The van der Waals surface area contributed by atoms with Gasteiger partial charge in [-0.25, -0.2) is 0 Å². The molecule has 1 amide bonds. The molecule has 0 saturated carbocycles. The number of benzene rings is 1. The van der Waals surface area contributed by atoms with Crippen LogP contribution < -0.4 is 0 Å². The number of carbonyl (C=O) groups excluding carboxylic acids is 2. The number of hydrogen-bond donors (Lipinski definition) is 1. The highest BCUT2D eigenvalue weighted by molar-refractivity contribution is 5.94. The molecule has 0 radical (unpaired) electrons.